The lowest BCUT2D eigenvalue weighted by Gasteiger charge is -2.43. The van der Waals surface area contributed by atoms with Gasteiger partial charge in [0.2, 0.25) is 0 Å². The van der Waals surface area contributed by atoms with Gasteiger partial charge in [-0.15, -0.1) is 0 Å². The number of fused-ring (bicyclic) bond motifs is 3. The Bertz CT molecular complexity index is 607. The maximum atomic E-state index is 10.4. The predicted octanol–water partition coefficient (Wildman–Crippen LogP) is 2.43. The Morgan fingerprint density at radius 2 is 1.95 bits per heavy atom. The number of benzene rings is 1. The fourth-order valence-electron chi connectivity index (χ4n) is 3.54. The van der Waals surface area contributed by atoms with Crippen molar-refractivity contribution in [2.75, 3.05) is 19.6 Å². The Morgan fingerprint density at radius 1 is 1.19 bits per heavy atom. The second kappa shape index (κ2) is 5.48. The van der Waals surface area contributed by atoms with Crippen molar-refractivity contribution in [3.8, 4) is 0 Å². The highest BCUT2D eigenvalue weighted by Crippen LogP contribution is 2.39. The Labute approximate surface area is 128 Å². The van der Waals surface area contributed by atoms with Gasteiger partial charge in [0, 0.05) is 12.5 Å². The van der Waals surface area contributed by atoms with Crippen LogP contribution in [0, 0.1) is 5.92 Å². The molecule has 2 unspecified atom stereocenters. The molecule has 2 bridgehead atoms. The summed E-state index contributed by atoms with van der Waals surface area (Å²) in [6.45, 7) is 3.58. The molecule has 1 aromatic carbocycles. The molecule has 4 nitrogen and oxygen atoms in total. The number of aliphatic hydroxyl groups excluding tert-OH is 1. The first-order valence-electron chi connectivity index (χ1n) is 7.60. The van der Waals surface area contributed by atoms with Crippen LogP contribution in [0.5, 0.6) is 0 Å². The number of aliphatic hydroxyl groups is 1. The predicted molar refractivity (Wildman–Crippen MR) is 82.3 cm³/mol. The standard InChI is InChI=1S/C16H19N3OS/c20-14(12-4-2-1-3-5-12)15-17-16(21-18-15)13-10-19-8-6-11(13)7-9-19/h1-5,11,13-14,20H,6-10H2. The molecule has 1 N–H and O–H groups in total. The van der Waals surface area contributed by atoms with Crippen molar-refractivity contribution in [2.45, 2.75) is 24.9 Å². The first-order valence-corrected chi connectivity index (χ1v) is 8.37. The molecular formula is C16H19N3OS. The molecule has 0 saturated carbocycles. The van der Waals surface area contributed by atoms with Crippen LogP contribution < -0.4 is 0 Å². The molecular weight excluding hydrogens is 282 g/mol. The third-order valence-electron chi connectivity index (χ3n) is 4.79. The van der Waals surface area contributed by atoms with Gasteiger partial charge in [0.05, 0.1) is 0 Å². The summed E-state index contributed by atoms with van der Waals surface area (Å²) in [5.41, 5.74) is 0.857. The first-order chi connectivity index (χ1) is 10.3. The molecule has 3 saturated heterocycles. The molecule has 1 aromatic heterocycles. The second-order valence-electron chi connectivity index (χ2n) is 6.05. The van der Waals surface area contributed by atoms with Gasteiger partial charge in [-0.3, -0.25) is 0 Å². The van der Waals surface area contributed by atoms with Crippen molar-refractivity contribution < 1.29 is 5.11 Å². The molecule has 0 amide bonds. The number of hydrogen-bond donors (Lipinski definition) is 1. The summed E-state index contributed by atoms with van der Waals surface area (Å²) < 4.78 is 4.41. The molecule has 3 aliphatic heterocycles. The SMILES string of the molecule is OC(c1ccccc1)c1nsc(C2CN3CCC2CC3)n1. The van der Waals surface area contributed by atoms with Crippen molar-refractivity contribution in [3.05, 3.63) is 46.7 Å². The van der Waals surface area contributed by atoms with E-state index in [1.165, 1.54) is 37.5 Å². The fraction of sp³-hybridized carbons (Fsp3) is 0.500. The van der Waals surface area contributed by atoms with Crippen molar-refractivity contribution in [2.24, 2.45) is 5.92 Å². The van der Waals surface area contributed by atoms with E-state index in [2.05, 4.69) is 14.3 Å². The number of piperidine rings is 3. The van der Waals surface area contributed by atoms with Crippen molar-refractivity contribution >= 4 is 11.5 Å². The van der Waals surface area contributed by atoms with Crippen LogP contribution >= 0.6 is 11.5 Å². The molecule has 5 rings (SSSR count). The van der Waals surface area contributed by atoms with Gasteiger partial charge in [0.15, 0.2) is 5.82 Å². The lowest BCUT2D eigenvalue weighted by Crippen LogP contribution is -2.46. The smallest absolute Gasteiger partial charge is 0.175 e. The Kier molecular flexibility index (Phi) is 3.49. The normalized spacial score (nSPS) is 29.5. The number of aromatic nitrogens is 2. The first kappa shape index (κ1) is 13.4. The van der Waals surface area contributed by atoms with Gasteiger partial charge in [-0.05, 0) is 48.9 Å². The third-order valence-corrected chi connectivity index (χ3v) is 5.65. The van der Waals surface area contributed by atoms with Gasteiger partial charge in [-0.2, -0.15) is 4.37 Å². The van der Waals surface area contributed by atoms with Crippen LogP contribution in [-0.4, -0.2) is 39.0 Å². The van der Waals surface area contributed by atoms with E-state index in [1.54, 1.807) is 0 Å². The molecule has 4 heterocycles. The Hall–Kier alpha value is -1.30. The quantitative estimate of drug-likeness (QED) is 0.946. The minimum atomic E-state index is -0.711. The summed E-state index contributed by atoms with van der Waals surface area (Å²) in [6, 6.07) is 9.64. The maximum absolute atomic E-state index is 10.4. The Morgan fingerprint density at radius 3 is 2.62 bits per heavy atom. The fourth-order valence-corrected chi connectivity index (χ4v) is 4.40. The molecule has 0 aliphatic carbocycles. The monoisotopic (exact) mass is 301 g/mol. The van der Waals surface area contributed by atoms with E-state index in [0.29, 0.717) is 11.7 Å². The molecule has 21 heavy (non-hydrogen) atoms. The van der Waals surface area contributed by atoms with Crippen LogP contribution in [0.1, 0.15) is 41.3 Å². The summed E-state index contributed by atoms with van der Waals surface area (Å²) in [5, 5.41) is 11.5. The van der Waals surface area contributed by atoms with Crippen molar-refractivity contribution in [1.82, 2.24) is 14.3 Å². The van der Waals surface area contributed by atoms with E-state index >= 15 is 0 Å². The van der Waals surface area contributed by atoms with Crippen molar-refractivity contribution in [3.63, 3.8) is 0 Å². The van der Waals surface area contributed by atoms with E-state index < -0.39 is 6.10 Å². The minimum Gasteiger partial charge on any atom is -0.380 e. The number of rotatable bonds is 3. The average molecular weight is 301 g/mol. The highest BCUT2D eigenvalue weighted by atomic mass is 32.1. The second-order valence-corrected chi connectivity index (χ2v) is 6.83. The van der Waals surface area contributed by atoms with Gasteiger partial charge in [-0.25, -0.2) is 4.98 Å². The van der Waals surface area contributed by atoms with Crippen LogP contribution in [0.25, 0.3) is 0 Å². The van der Waals surface area contributed by atoms with E-state index in [0.717, 1.165) is 23.0 Å². The van der Waals surface area contributed by atoms with E-state index in [9.17, 15) is 5.11 Å². The van der Waals surface area contributed by atoms with Crippen LogP contribution in [0.15, 0.2) is 30.3 Å². The highest BCUT2D eigenvalue weighted by Gasteiger charge is 2.37. The molecule has 0 radical (unpaired) electrons. The molecule has 110 valence electrons. The molecule has 2 atom stereocenters. The van der Waals surface area contributed by atoms with Crippen molar-refractivity contribution in [1.29, 1.82) is 0 Å². The van der Waals surface area contributed by atoms with Gasteiger partial charge in [0.25, 0.3) is 0 Å². The number of hydrogen-bond acceptors (Lipinski definition) is 5. The topological polar surface area (TPSA) is 49.3 Å². The third kappa shape index (κ3) is 2.50. The molecule has 2 aromatic rings. The minimum absolute atomic E-state index is 0.515. The summed E-state index contributed by atoms with van der Waals surface area (Å²) in [7, 11) is 0. The van der Waals surface area contributed by atoms with Gasteiger partial charge < -0.3 is 10.0 Å². The summed E-state index contributed by atoms with van der Waals surface area (Å²) >= 11 is 1.47. The zero-order valence-corrected chi connectivity index (χ0v) is 12.7. The highest BCUT2D eigenvalue weighted by molar-refractivity contribution is 7.05. The van der Waals surface area contributed by atoms with Crippen LogP contribution in [0.2, 0.25) is 0 Å². The molecule has 5 heteroatoms. The van der Waals surface area contributed by atoms with Crippen LogP contribution in [-0.2, 0) is 0 Å². The summed E-state index contributed by atoms with van der Waals surface area (Å²) in [5.74, 6) is 1.82. The van der Waals surface area contributed by atoms with Crippen LogP contribution in [0.3, 0.4) is 0 Å². The Balaban J connectivity index is 1.56. The molecule has 3 aliphatic rings. The van der Waals surface area contributed by atoms with Crippen LogP contribution in [0.4, 0.5) is 0 Å². The van der Waals surface area contributed by atoms with E-state index in [4.69, 9.17) is 0 Å². The van der Waals surface area contributed by atoms with E-state index in [1.807, 2.05) is 30.3 Å². The largest absolute Gasteiger partial charge is 0.380 e. The van der Waals surface area contributed by atoms with E-state index in [-0.39, 0.29) is 0 Å². The zero-order chi connectivity index (χ0) is 14.2. The zero-order valence-electron chi connectivity index (χ0n) is 11.9. The maximum Gasteiger partial charge on any atom is 0.175 e. The number of nitrogens with zero attached hydrogens (tertiary/aromatic N) is 3. The molecule has 0 spiro atoms. The average Bonchev–Trinajstić information content (AvgIpc) is 3.06. The lowest BCUT2D eigenvalue weighted by atomic mass is 9.79. The lowest BCUT2D eigenvalue weighted by molar-refractivity contribution is 0.0867. The van der Waals surface area contributed by atoms with Gasteiger partial charge >= 0.3 is 0 Å². The van der Waals surface area contributed by atoms with Gasteiger partial charge in [-0.1, -0.05) is 30.3 Å². The summed E-state index contributed by atoms with van der Waals surface area (Å²) in [4.78, 5) is 7.19. The van der Waals surface area contributed by atoms with Gasteiger partial charge in [0.1, 0.15) is 11.1 Å². The summed E-state index contributed by atoms with van der Waals surface area (Å²) in [6.07, 6.45) is 1.85. The molecule has 3 fully saturated rings.